The van der Waals surface area contributed by atoms with Crippen LogP contribution in [0, 0.1) is 12.8 Å². The predicted octanol–water partition coefficient (Wildman–Crippen LogP) is 3.06. The van der Waals surface area contributed by atoms with Crippen molar-refractivity contribution in [1.29, 1.82) is 0 Å². The first kappa shape index (κ1) is 17.5. The van der Waals surface area contributed by atoms with E-state index in [9.17, 15) is 9.59 Å². The van der Waals surface area contributed by atoms with Gasteiger partial charge in [-0.25, -0.2) is 0 Å². The Kier molecular flexibility index (Phi) is 6.16. The summed E-state index contributed by atoms with van der Waals surface area (Å²) in [6.07, 6.45) is 3.04. The van der Waals surface area contributed by atoms with E-state index in [1.54, 1.807) is 0 Å². The normalized spacial score (nSPS) is 20.8. The molecular formula is C18H27N3O2. The maximum Gasteiger partial charge on any atom is 0.227 e. The van der Waals surface area contributed by atoms with Crippen molar-refractivity contribution < 1.29 is 9.59 Å². The maximum atomic E-state index is 12.5. The molecular weight excluding hydrogens is 290 g/mol. The van der Waals surface area contributed by atoms with Gasteiger partial charge in [-0.05, 0) is 57.4 Å². The third-order valence-electron chi connectivity index (χ3n) is 4.34. The summed E-state index contributed by atoms with van der Waals surface area (Å²) in [5, 5.41) is 9.30. The van der Waals surface area contributed by atoms with Gasteiger partial charge in [-0.1, -0.05) is 13.0 Å². The molecule has 0 aliphatic carbocycles. The van der Waals surface area contributed by atoms with E-state index >= 15 is 0 Å². The van der Waals surface area contributed by atoms with Crippen molar-refractivity contribution in [3.05, 3.63) is 23.8 Å². The average molecular weight is 317 g/mol. The summed E-state index contributed by atoms with van der Waals surface area (Å²) in [7, 11) is 0. The fraction of sp³-hybridized carbons (Fsp3) is 0.556. The fourth-order valence-corrected chi connectivity index (χ4v) is 2.95. The van der Waals surface area contributed by atoms with Crippen LogP contribution >= 0.6 is 0 Å². The van der Waals surface area contributed by atoms with E-state index in [4.69, 9.17) is 0 Å². The molecule has 0 bridgehead atoms. The summed E-state index contributed by atoms with van der Waals surface area (Å²) in [6.45, 7) is 6.88. The topological polar surface area (TPSA) is 70.2 Å². The summed E-state index contributed by atoms with van der Waals surface area (Å²) in [6, 6.07) is 5.98. The highest BCUT2D eigenvalue weighted by molar-refractivity contribution is 5.96. The summed E-state index contributed by atoms with van der Waals surface area (Å²) in [5.74, 6) is 0.119. The van der Waals surface area contributed by atoms with E-state index in [2.05, 4.69) is 22.9 Å². The average Bonchev–Trinajstić information content (AvgIpc) is 2.51. The predicted molar refractivity (Wildman–Crippen MR) is 93.5 cm³/mol. The van der Waals surface area contributed by atoms with Crippen molar-refractivity contribution in [1.82, 2.24) is 5.32 Å². The Morgan fingerprint density at radius 1 is 1.26 bits per heavy atom. The van der Waals surface area contributed by atoms with Gasteiger partial charge in [0.2, 0.25) is 11.8 Å². The molecule has 1 saturated heterocycles. The van der Waals surface area contributed by atoms with Gasteiger partial charge in [0.15, 0.2) is 0 Å². The second-order valence-corrected chi connectivity index (χ2v) is 6.34. The lowest BCUT2D eigenvalue weighted by atomic mass is 9.92. The zero-order valence-corrected chi connectivity index (χ0v) is 14.2. The molecule has 2 atom stereocenters. The first-order valence-corrected chi connectivity index (χ1v) is 8.45. The monoisotopic (exact) mass is 317 g/mol. The molecule has 1 heterocycles. The molecule has 5 heteroatoms. The number of hydrogen-bond acceptors (Lipinski definition) is 3. The van der Waals surface area contributed by atoms with Crippen molar-refractivity contribution >= 4 is 23.2 Å². The Morgan fingerprint density at radius 2 is 1.96 bits per heavy atom. The molecule has 0 aromatic heterocycles. The highest BCUT2D eigenvalue weighted by Gasteiger charge is 2.25. The molecule has 0 unspecified atom stereocenters. The summed E-state index contributed by atoms with van der Waals surface area (Å²) in [5.41, 5.74) is 2.43. The molecule has 1 aliphatic heterocycles. The van der Waals surface area contributed by atoms with Crippen LogP contribution in [0.2, 0.25) is 0 Å². The molecule has 23 heavy (non-hydrogen) atoms. The largest absolute Gasteiger partial charge is 0.326 e. The molecule has 126 valence electrons. The van der Waals surface area contributed by atoms with Gasteiger partial charge in [-0.3, -0.25) is 9.59 Å². The maximum absolute atomic E-state index is 12.5. The molecule has 1 aromatic carbocycles. The van der Waals surface area contributed by atoms with Crippen molar-refractivity contribution in [2.24, 2.45) is 5.92 Å². The van der Waals surface area contributed by atoms with Crippen LogP contribution in [-0.2, 0) is 9.59 Å². The van der Waals surface area contributed by atoms with Gasteiger partial charge in [0.1, 0.15) is 0 Å². The van der Waals surface area contributed by atoms with Crippen molar-refractivity contribution in [2.75, 3.05) is 17.2 Å². The fourth-order valence-electron chi connectivity index (χ4n) is 2.95. The molecule has 3 N–H and O–H groups in total. The summed E-state index contributed by atoms with van der Waals surface area (Å²) in [4.78, 5) is 24.3. The molecule has 2 amide bonds. The Labute approximate surface area is 138 Å². The van der Waals surface area contributed by atoms with Crippen LogP contribution in [-0.4, -0.2) is 24.4 Å². The molecule has 5 nitrogen and oxygen atoms in total. The lowest BCUT2D eigenvalue weighted by Gasteiger charge is -2.27. The zero-order valence-electron chi connectivity index (χ0n) is 14.2. The summed E-state index contributed by atoms with van der Waals surface area (Å²) < 4.78 is 0. The van der Waals surface area contributed by atoms with Gasteiger partial charge in [-0.2, -0.15) is 0 Å². The number of nitrogens with one attached hydrogen (secondary N) is 3. The van der Waals surface area contributed by atoms with E-state index in [-0.39, 0.29) is 17.7 Å². The molecule has 0 saturated carbocycles. The van der Waals surface area contributed by atoms with Gasteiger partial charge >= 0.3 is 0 Å². The van der Waals surface area contributed by atoms with E-state index in [1.165, 1.54) is 0 Å². The van der Waals surface area contributed by atoms with Crippen molar-refractivity contribution in [2.45, 2.75) is 52.5 Å². The zero-order chi connectivity index (χ0) is 16.8. The van der Waals surface area contributed by atoms with E-state index in [1.807, 2.05) is 32.0 Å². The second-order valence-electron chi connectivity index (χ2n) is 6.34. The minimum atomic E-state index is 0.00579. The molecule has 0 radical (unpaired) electrons. The smallest absolute Gasteiger partial charge is 0.227 e. The number of anilines is 2. The van der Waals surface area contributed by atoms with Crippen LogP contribution in [0.25, 0.3) is 0 Å². The standard InChI is InChI=1S/C18H27N3O2/c1-4-6-17(22)20-15-7-5-8-16(13(15)3)21-18(23)14-9-10-19-12(2)11-14/h5,7-8,12,14,19H,4,6,9-11H2,1-3H3,(H,20,22)(H,21,23)/t12-,14-/m0/s1. The molecule has 2 rings (SSSR count). The third-order valence-corrected chi connectivity index (χ3v) is 4.34. The van der Waals surface area contributed by atoms with Crippen LogP contribution in [0.1, 0.15) is 45.1 Å². The quantitative estimate of drug-likeness (QED) is 0.781. The van der Waals surface area contributed by atoms with Crippen LogP contribution < -0.4 is 16.0 Å². The van der Waals surface area contributed by atoms with Gasteiger partial charge in [0.05, 0.1) is 0 Å². The number of piperidine rings is 1. The number of carbonyl (C=O) groups excluding carboxylic acids is 2. The molecule has 1 fully saturated rings. The lowest BCUT2D eigenvalue weighted by molar-refractivity contribution is -0.121. The lowest BCUT2D eigenvalue weighted by Crippen LogP contribution is -2.40. The van der Waals surface area contributed by atoms with E-state index in [0.717, 1.165) is 42.7 Å². The van der Waals surface area contributed by atoms with Crippen LogP contribution in [0.4, 0.5) is 11.4 Å². The van der Waals surface area contributed by atoms with E-state index < -0.39 is 0 Å². The summed E-state index contributed by atoms with van der Waals surface area (Å²) >= 11 is 0. The molecule has 1 aliphatic rings. The SMILES string of the molecule is CCCC(=O)Nc1cccc(NC(=O)[C@H]2CCN[C@@H](C)C2)c1C. The Hall–Kier alpha value is -1.88. The Balaban J connectivity index is 2.05. The molecule has 1 aromatic rings. The van der Waals surface area contributed by atoms with Crippen molar-refractivity contribution in [3.8, 4) is 0 Å². The van der Waals surface area contributed by atoms with Crippen LogP contribution in [0.15, 0.2) is 18.2 Å². The number of hydrogen-bond donors (Lipinski definition) is 3. The van der Waals surface area contributed by atoms with E-state index in [0.29, 0.717) is 12.5 Å². The highest BCUT2D eigenvalue weighted by atomic mass is 16.2. The van der Waals surface area contributed by atoms with Gasteiger partial charge in [0.25, 0.3) is 0 Å². The van der Waals surface area contributed by atoms with Gasteiger partial charge in [0, 0.05) is 29.8 Å². The minimum absolute atomic E-state index is 0.00579. The third kappa shape index (κ3) is 4.79. The first-order valence-electron chi connectivity index (χ1n) is 8.45. The number of rotatable bonds is 5. The highest BCUT2D eigenvalue weighted by Crippen LogP contribution is 2.25. The van der Waals surface area contributed by atoms with Crippen LogP contribution in [0.5, 0.6) is 0 Å². The number of amides is 2. The van der Waals surface area contributed by atoms with Crippen molar-refractivity contribution in [3.63, 3.8) is 0 Å². The minimum Gasteiger partial charge on any atom is -0.326 e. The number of benzene rings is 1. The first-order chi connectivity index (χ1) is 11.0. The van der Waals surface area contributed by atoms with Gasteiger partial charge < -0.3 is 16.0 Å². The Bertz CT molecular complexity index is 571. The molecule has 0 spiro atoms. The van der Waals surface area contributed by atoms with Crippen LogP contribution in [0.3, 0.4) is 0 Å². The second kappa shape index (κ2) is 8.11. The Morgan fingerprint density at radius 3 is 2.61 bits per heavy atom. The van der Waals surface area contributed by atoms with Gasteiger partial charge in [-0.15, -0.1) is 0 Å². The number of carbonyl (C=O) groups is 2.